The molecule has 1 fully saturated rings. The highest BCUT2D eigenvalue weighted by atomic mass is 79.9. The van der Waals surface area contributed by atoms with Crippen molar-refractivity contribution in [2.45, 2.75) is 43.0 Å². The van der Waals surface area contributed by atoms with Crippen molar-refractivity contribution in [1.82, 2.24) is 5.32 Å². The van der Waals surface area contributed by atoms with E-state index in [1.165, 1.54) is 0 Å². The van der Waals surface area contributed by atoms with Gasteiger partial charge in [0.15, 0.2) is 0 Å². The van der Waals surface area contributed by atoms with Gasteiger partial charge in [0.1, 0.15) is 0 Å². The van der Waals surface area contributed by atoms with Gasteiger partial charge in [-0.15, -0.1) is 0 Å². The highest BCUT2D eigenvalue weighted by molar-refractivity contribution is 9.09. The Bertz CT molecular complexity index is 205. The zero-order valence-corrected chi connectivity index (χ0v) is 8.90. The second kappa shape index (κ2) is 3.90. The molecule has 5 heteroatoms. The molecule has 0 aromatic carbocycles. The van der Waals surface area contributed by atoms with Crippen molar-refractivity contribution >= 4 is 21.8 Å². The molecule has 1 N–H and O–H groups in total. The SMILES string of the molecule is CC(F)(F)C(=O)NC1CCCC1Br. The summed E-state index contributed by atoms with van der Waals surface area (Å²) >= 11 is 3.34. The summed E-state index contributed by atoms with van der Waals surface area (Å²) in [5.74, 6) is -4.45. The molecule has 0 spiro atoms. The smallest absolute Gasteiger partial charge is 0.321 e. The van der Waals surface area contributed by atoms with E-state index in [-0.39, 0.29) is 10.9 Å². The minimum atomic E-state index is -3.27. The molecular weight excluding hydrogens is 244 g/mol. The summed E-state index contributed by atoms with van der Waals surface area (Å²) in [6.07, 6.45) is 2.67. The Hall–Kier alpha value is -0.190. The van der Waals surface area contributed by atoms with Crippen LogP contribution in [0.25, 0.3) is 0 Å². The first-order valence-electron chi connectivity index (χ1n) is 4.24. The van der Waals surface area contributed by atoms with E-state index in [1.807, 2.05) is 0 Å². The van der Waals surface area contributed by atoms with Gasteiger partial charge in [-0.2, -0.15) is 8.78 Å². The number of carbonyl (C=O) groups excluding carboxylic acids is 1. The zero-order chi connectivity index (χ0) is 10.1. The zero-order valence-electron chi connectivity index (χ0n) is 7.32. The largest absolute Gasteiger partial charge is 0.347 e. The van der Waals surface area contributed by atoms with Crippen LogP contribution in [0.1, 0.15) is 26.2 Å². The lowest BCUT2D eigenvalue weighted by atomic mass is 10.2. The second-order valence-electron chi connectivity index (χ2n) is 3.42. The molecule has 1 amide bonds. The molecule has 1 rings (SSSR count). The molecule has 0 heterocycles. The normalized spacial score (nSPS) is 28.9. The van der Waals surface area contributed by atoms with Gasteiger partial charge in [-0.25, -0.2) is 0 Å². The third-order valence-corrected chi connectivity index (χ3v) is 3.24. The average Bonchev–Trinajstić information content (AvgIpc) is 2.34. The van der Waals surface area contributed by atoms with Gasteiger partial charge in [0.25, 0.3) is 5.91 Å². The standard InChI is InChI=1S/C8H12BrF2NO/c1-8(10,11)7(13)12-6-4-2-3-5(6)9/h5-6H,2-4H2,1H3,(H,12,13). The maximum absolute atomic E-state index is 12.5. The minimum absolute atomic E-state index is 0.138. The van der Waals surface area contributed by atoms with Crippen LogP contribution in [0.15, 0.2) is 0 Å². The highest BCUT2D eigenvalue weighted by Crippen LogP contribution is 2.26. The summed E-state index contributed by atoms with van der Waals surface area (Å²) < 4.78 is 24.9. The molecule has 0 aromatic rings. The van der Waals surface area contributed by atoms with Crippen molar-refractivity contribution in [2.75, 3.05) is 0 Å². The van der Waals surface area contributed by atoms with E-state index < -0.39 is 11.8 Å². The number of amides is 1. The fraction of sp³-hybridized carbons (Fsp3) is 0.875. The van der Waals surface area contributed by atoms with Crippen LogP contribution in [0.4, 0.5) is 8.78 Å². The van der Waals surface area contributed by atoms with Gasteiger partial charge in [-0.05, 0) is 12.8 Å². The van der Waals surface area contributed by atoms with Crippen LogP contribution < -0.4 is 5.32 Å². The van der Waals surface area contributed by atoms with Crippen molar-refractivity contribution in [1.29, 1.82) is 0 Å². The van der Waals surface area contributed by atoms with Gasteiger partial charge < -0.3 is 5.32 Å². The third kappa shape index (κ3) is 2.90. The molecule has 2 unspecified atom stereocenters. The topological polar surface area (TPSA) is 29.1 Å². The first-order valence-corrected chi connectivity index (χ1v) is 5.15. The Morgan fingerprint density at radius 3 is 2.54 bits per heavy atom. The number of hydrogen-bond donors (Lipinski definition) is 1. The van der Waals surface area contributed by atoms with Gasteiger partial charge in [-0.3, -0.25) is 4.79 Å². The van der Waals surface area contributed by atoms with Crippen LogP contribution in [0.2, 0.25) is 0 Å². The van der Waals surface area contributed by atoms with E-state index in [4.69, 9.17) is 0 Å². The fourth-order valence-electron chi connectivity index (χ4n) is 1.37. The Morgan fingerprint density at radius 2 is 2.15 bits per heavy atom. The summed E-state index contributed by atoms with van der Waals surface area (Å²) in [7, 11) is 0. The summed E-state index contributed by atoms with van der Waals surface area (Å²) in [5, 5.41) is 2.33. The van der Waals surface area contributed by atoms with Crippen molar-refractivity contribution in [3.8, 4) is 0 Å². The van der Waals surface area contributed by atoms with Gasteiger partial charge in [0.2, 0.25) is 0 Å². The van der Waals surface area contributed by atoms with E-state index in [0.29, 0.717) is 6.92 Å². The van der Waals surface area contributed by atoms with Crippen molar-refractivity contribution in [2.24, 2.45) is 0 Å². The molecular formula is C8H12BrF2NO. The number of carbonyl (C=O) groups is 1. The van der Waals surface area contributed by atoms with Crippen molar-refractivity contribution in [3.63, 3.8) is 0 Å². The molecule has 0 aliphatic heterocycles. The van der Waals surface area contributed by atoms with E-state index in [1.54, 1.807) is 0 Å². The lowest BCUT2D eigenvalue weighted by Crippen LogP contribution is -2.45. The van der Waals surface area contributed by atoms with Crippen LogP contribution in [-0.4, -0.2) is 22.7 Å². The van der Waals surface area contributed by atoms with Gasteiger partial charge >= 0.3 is 5.92 Å². The lowest BCUT2D eigenvalue weighted by molar-refractivity contribution is -0.143. The molecule has 2 atom stereocenters. The van der Waals surface area contributed by atoms with Crippen molar-refractivity contribution < 1.29 is 13.6 Å². The first-order chi connectivity index (χ1) is 5.91. The third-order valence-electron chi connectivity index (χ3n) is 2.15. The quantitative estimate of drug-likeness (QED) is 0.753. The molecule has 0 radical (unpaired) electrons. The molecule has 1 aliphatic carbocycles. The van der Waals surface area contributed by atoms with E-state index in [0.717, 1.165) is 19.3 Å². The second-order valence-corrected chi connectivity index (χ2v) is 4.59. The molecule has 13 heavy (non-hydrogen) atoms. The minimum Gasteiger partial charge on any atom is -0.347 e. The summed E-state index contributed by atoms with van der Waals surface area (Å²) in [5.41, 5.74) is 0. The molecule has 0 bridgehead atoms. The highest BCUT2D eigenvalue weighted by Gasteiger charge is 2.36. The van der Waals surface area contributed by atoms with Crippen LogP contribution in [0.3, 0.4) is 0 Å². The summed E-state index contributed by atoms with van der Waals surface area (Å²) in [4.78, 5) is 11.0. The predicted octanol–water partition coefficient (Wildman–Crippen LogP) is 2.07. The van der Waals surface area contributed by atoms with Gasteiger partial charge in [-0.1, -0.05) is 22.4 Å². The number of nitrogens with one attached hydrogen (secondary N) is 1. The molecule has 2 nitrogen and oxygen atoms in total. The maximum Gasteiger partial charge on any atom is 0.321 e. The van der Waals surface area contributed by atoms with Gasteiger partial charge in [0, 0.05) is 17.8 Å². The monoisotopic (exact) mass is 255 g/mol. The Balaban J connectivity index is 2.45. The molecule has 1 aliphatic rings. The molecule has 0 aromatic heterocycles. The van der Waals surface area contributed by atoms with Crippen LogP contribution in [0.5, 0.6) is 0 Å². The molecule has 0 saturated heterocycles. The van der Waals surface area contributed by atoms with Crippen molar-refractivity contribution in [3.05, 3.63) is 0 Å². The Labute approximate surface area is 84.2 Å². The Kier molecular flexibility index (Phi) is 3.27. The number of hydrogen-bond acceptors (Lipinski definition) is 1. The summed E-state index contributed by atoms with van der Waals surface area (Å²) in [6.45, 7) is 0.612. The maximum atomic E-state index is 12.5. The lowest BCUT2D eigenvalue weighted by Gasteiger charge is -2.18. The number of alkyl halides is 3. The Morgan fingerprint density at radius 1 is 1.54 bits per heavy atom. The predicted molar refractivity (Wildman–Crippen MR) is 49.1 cm³/mol. The fourth-order valence-corrected chi connectivity index (χ4v) is 2.09. The number of rotatable bonds is 2. The average molecular weight is 256 g/mol. The molecule has 76 valence electrons. The van der Waals surface area contributed by atoms with E-state index in [9.17, 15) is 13.6 Å². The van der Waals surface area contributed by atoms with Crippen LogP contribution in [-0.2, 0) is 4.79 Å². The number of halogens is 3. The van der Waals surface area contributed by atoms with Crippen LogP contribution in [0, 0.1) is 0 Å². The first kappa shape index (κ1) is 10.9. The summed E-state index contributed by atoms with van der Waals surface area (Å²) in [6, 6.07) is -0.140. The van der Waals surface area contributed by atoms with E-state index in [2.05, 4.69) is 21.2 Å². The van der Waals surface area contributed by atoms with Gasteiger partial charge in [0.05, 0.1) is 0 Å². The van der Waals surface area contributed by atoms with E-state index >= 15 is 0 Å². The van der Waals surface area contributed by atoms with Crippen LogP contribution >= 0.6 is 15.9 Å². The molecule has 1 saturated carbocycles.